The molecule has 4 saturated carbocycles. The predicted molar refractivity (Wildman–Crippen MR) is 171 cm³/mol. The fourth-order valence-electron chi connectivity index (χ4n) is 10.5. The number of Topliss-reactive ketones (excluding diaryl/α,β-unsaturated/α-hetero) is 1. The number of fused-ring (bicyclic) bond motifs is 5. The summed E-state index contributed by atoms with van der Waals surface area (Å²) in [4.78, 5) is 74.8. The number of carbonyl (C=O) groups is 6. The van der Waals surface area contributed by atoms with E-state index in [1.54, 1.807) is 0 Å². The van der Waals surface area contributed by atoms with Gasteiger partial charge in [0.25, 0.3) is 0 Å². The second kappa shape index (κ2) is 14.5. The molecule has 5 fully saturated rings. The Labute approximate surface area is 292 Å². The average Bonchev–Trinajstić information content (AvgIpc) is 3.32. The van der Waals surface area contributed by atoms with Crippen molar-refractivity contribution >= 4 is 35.6 Å². The molecule has 5 rings (SSSR count). The van der Waals surface area contributed by atoms with E-state index >= 15 is 0 Å². The van der Waals surface area contributed by atoms with Crippen LogP contribution in [0.3, 0.4) is 0 Å². The van der Waals surface area contributed by atoms with Crippen LogP contribution < -0.4 is 0 Å². The zero-order valence-corrected chi connectivity index (χ0v) is 30.1. The number of ketones is 1. The molecule has 0 aromatic rings. The van der Waals surface area contributed by atoms with Crippen LogP contribution in [0, 0.1) is 34.5 Å². The van der Waals surface area contributed by atoms with Crippen LogP contribution in [0.15, 0.2) is 0 Å². The molecular weight excluding hydrogens is 656 g/mol. The molecule has 1 heterocycles. The van der Waals surface area contributed by atoms with Gasteiger partial charge in [-0.3, -0.25) is 24.0 Å². The van der Waals surface area contributed by atoms with Crippen molar-refractivity contribution in [2.24, 2.45) is 34.5 Å². The largest absolute Gasteiger partial charge is 0.467 e. The number of methoxy groups -OCH3 is 1. The van der Waals surface area contributed by atoms with E-state index in [0.29, 0.717) is 30.6 Å². The predicted octanol–water partition coefficient (Wildman–Crippen LogP) is 2.97. The smallest absolute Gasteiger partial charge is 0.339 e. The van der Waals surface area contributed by atoms with Crippen LogP contribution in [0.2, 0.25) is 0 Å². The van der Waals surface area contributed by atoms with Crippen LogP contribution >= 0.6 is 0 Å². The van der Waals surface area contributed by atoms with E-state index in [0.717, 1.165) is 66.4 Å². The van der Waals surface area contributed by atoms with E-state index in [4.69, 9.17) is 33.2 Å². The summed E-state index contributed by atoms with van der Waals surface area (Å²) in [5.41, 5.74) is -2.33. The summed E-state index contributed by atoms with van der Waals surface area (Å²) in [6.07, 6.45) is -0.883. The summed E-state index contributed by atoms with van der Waals surface area (Å²) in [7, 11) is 1.08. The summed E-state index contributed by atoms with van der Waals surface area (Å²) in [5, 5.41) is 12.2. The highest BCUT2D eigenvalue weighted by Gasteiger charge is 2.67. The monoisotopic (exact) mass is 708 g/mol. The molecule has 0 amide bonds. The lowest BCUT2D eigenvalue weighted by Gasteiger charge is -2.61. The lowest BCUT2D eigenvalue weighted by atomic mass is 9.44. The molecule has 1 saturated heterocycles. The second-order valence-electron chi connectivity index (χ2n) is 15.4. The first-order valence-electron chi connectivity index (χ1n) is 17.7. The fraction of sp³-hybridized carbons (Fsp3) is 0.833. The van der Waals surface area contributed by atoms with Gasteiger partial charge in [0.1, 0.15) is 18.3 Å². The first-order valence-corrected chi connectivity index (χ1v) is 17.7. The Balaban J connectivity index is 1.33. The Bertz CT molecular complexity index is 1360. The first kappa shape index (κ1) is 38.1. The number of rotatable bonds is 9. The maximum absolute atomic E-state index is 14.1. The van der Waals surface area contributed by atoms with Crippen LogP contribution in [0.25, 0.3) is 0 Å². The normalized spacial score (nSPS) is 42.1. The molecule has 0 aromatic carbocycles. The lowest BCUT2D eigenvalue weighted by Crippen LogP contribution is -2.64. The third-order valence-corrected chi connectivity index (χ3v) is 12.8. The second-order valence-corrected chi connectivity index (χ2v) is 15.4. The zero-order chi connectivity index (χ0) is 36.8. The van der Waals surface area contributed by atoms with Crippen molar-refractivity contribution in [2.75, 3.05) is 13.7 Å². The molecule has 14 nitrogen and oxygen atoms in total. The molecule has 13 atom stereocenters. The van der Waals surface area contributed by atoms with Crippen LogP contribution in [0.4, 0.5) is 0 Å². The molecule has 0 unspecified atom stereocenters. The van der Waals surface area contributed by atoms with Gasteiger partial charge in [0.15, 0.2) is 36.5 Å². The quantitative estimate of drug-likeness (QED) is 0.272. The van der Waals surface area contributed by atoms with Gasteiger partial charge in [-0.15, -0.1) is 0 Å². The summed E-state index contributed by atoms with van der Waals surface area (Å²) in [5.74, 6) is -2.96. The average molecular weight is 709 g/mol. The number of esters is 5. The van der Waals surface area contributed by atoms with Gasteiger partial charge in [0, 0.05) is 33.1 Å². The van der Waals surface area contributed by atoms with Gasteiger partial charge in [-0.25, -0.2) is 4.79 Å². The van der Waals surface area contributed by atoms with Gasteiger partial charge in [-0.1, -0.05) is 13.8 Å². The molecule has 4 aliphatic carbocycles. The summed E-state index contributed by atoms with van der Waals surface area (Å²) < 4.78 is 38.2. The molecule has 0 radical (unpaired) electrons. The maximum Gasteiger partial charge on any atom is 0.339 e. The van der Waals surface area contributed by atoms with Gasteiger partial charge in [-0.05, 0) is 86.9 Å². The van der Waals surface area contributed by atoms with Crippen molar-refractivity contribution in [1.82, 2.24) is 0 Å². The molecule has 0 aromatic heterocycles. The summed E-state index contributed by atoms with van der Waals surface area (Å²) in [6, 6.07) is 0. The minimum Gasteiger partial charge on any atom is -0.467 e. The van der Waals surface area contributed by atoms with Crippen molar-refractivity contribution in [2.45, 2.75) is 142 Å². The summed E-state index contributed by atoms with van der Waals surface area (Å²) in [6.45, 7) is 8.43. The number of ether oxygens (including phenoxy) is 7. The Hall–Kier alpha value is -3.10. The highest BCUT2D eigenvalue weighted by Crippen LogP contribution is 2.68. The van der Waals surface area contributed by atoms with Crippen LogP contribution in [0.1, 0.15) is 99.3 Å². The molecule has 0 bridgehead atoms. The first-order chi connectivity index (χ1) is 23.4. The van der Waals surface area contributed by atoms with Crippen LogP contribution in [0.5, 0.6) is 0 Å². The van der Waals surface area contributed by atoms with Crippen LogP contribution in [-0.2, 0) is 61.9 Å². The molecular formula is C36H52O14. The van der Waals surface area contributed by atoms with E-state index in [2.05, 4.69) is 6.92 Å². The summed E-state index contributed by atoms with van der Waals surface area (Å²) >= 11 is 0. The van der Waals surface area contributed by atoms with Crippen molar-refractivity contribution in [3.63, 3.8) is 0 Å². The van der Waals surface area contributed by atoms with Gasteiger partial charge < -0.3 is 38.3 Å². The van der Waals surface area contributed by atoms with Gasteiger partial charge in [-0.2, -0.15) is 0 Å². The highest BCUT2D eigenvalue weighted by atomic mass is 16.7. The molecule has 50 heavy (non-hydrogen) atoms. The van der Waals surface area contributed by atoms with E-state index in [1.807, 2.05) is 6.92 Å². The number of carbonyl (C=O) groups excluding carboxylic acids is 6. The Morgan fingerprint density at radius 3 is 1.94 bits per heavy atom. The third kappa shape index (κ3) is 6.91. The van der Waals surface area contributed by atoms with E-state index in [9.17, 15) is 33.9 Å². The highest BCUT2D eigenvalue weighted by molar-refractivity contribution is 5.89. The maximum atomic E-state index is 14.1. The fourth-order valence-corrected chi connectivity index (χ4v) is 10.5. The van der Waals surface area contributed by atoms with Gasteiger partial charge in [0.05, 0.1) is 7.11 Å². The Morgan fingerprint density at radius 2 is 1.32 bits per heavy atom. The SMILES string of the molecule is COC(=O)[C@@H]1O[C@H](OCC(=O)[C@@]2(O)CC[C@@H]3[C@@H]4CC[C@@H]5C[C@H](OC(C)=O)CC[C@]5(C)[C@@H]4CC[C@@]32C)[C@@H](OC(C)=O)[C@H](OC(C)=O)[C@H]1OC(C)=O. The van der Waals surface area contributed by atoms with Crippen molar-refractivity contribution in [1.29, 1.82) is 0 Å². The minimum absolute atomic E-state index is 0.0430. The topological polar surface area (TPSA) is 187 Å². The van der Waals surface area contributed by atoms with Crippen molar-refractivity contribution in [3.8, 4) is 0 Å². The van der Waals surface area contributed by atoms with E-state index < -0.39 is 78.0 Å². The number of hydrogen-bond donors (Lipinski definition) is 1. The molecule has 5 aliphatic rings. The molecule has 1 N–H and O–H groups in total. The lowest BCUT2D eigenvalue weighted by molar-refractivity contribution is -0.300. The zero-order valence-electron chi connectivity index (χ0n) is 30.1. The molecule has 14 heteroatoms. The van der Waals surface area contributed by atoms with Gasteiger partial charge in [0.2, 0.25) is 0 Å². The number of hydrogen-bond acceptors (Lipinski definition) is 14. The molecule has 0 spiro atoms. The van der Waals surface area contributed by atoms with Gasteiger partial charge >= 0.3 is 29.8 Å². The standard InChI is InChI=1S/C36H52O14/c1-18(37)46-23-10-13-34(5)22(16-23)8-9-24-25(34)11-14-35(6)26(24)12-15-36(35,43)27(41)17-45-33-31(49-21(4)40)29(48-20(3)39)28(47-19(2)38)30(50-33)32(42)44-7/h22-26,28-31,33,43H,8-17H2,1-7H3/t22-,23-,24-,25-,26-,28-,29-,30-,31+,33+,34+,35+,36+/m1/s1. The van der Waals surface area contributed by atoms with E-state index in [-0.39, 0.29) is 29.8 Å². The Kier molecular flexibility index (Phi) is 11.1. The Morgan fingerprint density at radius 1 is 0.720 bits per heavy atom. The van der Waals surface area contributed by atoms with Crippen molar-refractivity contribution in [3.05, 3.63) is 0 Å². The van der Waals surface area contributed by atoms with Crippen molar-refractivity contribution < 1.29 is 67.0 Å². The molecule has 280 valence electrons. The number of aliphatic hydroxyl groups is 1. The van der Waals surface area contributed by atoms with E-state index in [1.165, 1.54) is 6.92 Å². The molecule has 1 aliphatic heterocycles. The minimum atomic E-state index is -1.71. The van der Waals surface area contributed by atoms with Crippen LogP contribution in [-0.4, -0.2) is 96.9 Å². The third-order valence-electron chi connectivity index (χ3n) is 12.8.